The molecule has 0 spiro atoms. The molecule has 2 unspecified atom stereocenters. The van der Waals surface area contributed by atoms with Crippen molar-refractivity contribution >= 4 is 15.7 Å². The van der Waals surface area contributed by atoms with Crippen molar-refractivity contribution in [3.63, 3.8) is 0 Å². The van der Waals surface area contributed by atoms with Crippen LogP contribution in [0.4, 0.5) is 0 Å². The molecule has 0 saturated heterocycles. The van der Waals surface area contributed by atoms with Crippen LogP contribution in [-0.4, -0.2) is 57.4 Å². The molecule has 2 atom stereocenters. The van der Waals surface area contributed by atoms with Gasteiger partial charge in [-0.25, -0.2) is 8.42 Å². The summed E-state index contributed by atoms with van der Waals surface area (Å²) >= 11 is 0. The number of nitrogens with zero attached hydrogens (tertiary/aromatic N) is 1. The van der Waals surface area contributed by atoms with Crippen molar-refractivity contribution in [1.82, 2.24) is 10.2 Å². The van der Waals surface area contributed by atoms with Gasteiger partial charge in [0.2, 0.25) is 0 Å². The van der Waals surface area contributed by atoms with Crippen LogP contribution >= 0.6 is 0 Å². The van der Waals surface area contributed by atoms with Crippen LogP contribution in [-0.2, 0) is 16.3 Å². The maximum Gasteiger partial charge on any atom is 0.253 e. The highest BCUT2D eigenvalue weighted by Crippen LogP contribution is 2.24. The molecular formula is C18H28N2O3S. The Morgan fingerprint density at radius 2 is 1.96 bits per heavy atom. The lowest BCUT2D eigenvalue weighted by Crippen LogP contribution is -2.46. The second-order valence-corrected chi connectivity index (χ2v) is 9.13. The van der Waals surface area contributed by atoms with E-state index in [1.807, 2.05) is 24.3 Å². The maximum absolute atomic E-state index is 12.0. The van der Waals surface area contributed by atoms with E-state index in [0.717, 1.165) is 44.2 Å². The molecule has 1 N–H and O–H groups in total. The summed E-state index contributed by atoms with van der Waals surface area (Å²) in [6.07, 6.45) is 5.86. The number of sulfone groups is 1. The first-order valence-corrected chi connectivity index (χ1v) is 10.5. The lowest BCUT2D eigenvalue weighted by Gasteiger charge is -2.31. The monoisotopic (exact) mass is 352 g/mol. The molecular weight excluding hydrogens is 324 g/mol. The summed E-state index contributed by atoms with van der Waals surface area (Å²) in [6, 6.07) is 7.67. The summed E-state index contributed by atoms with van der Waals surface area (Å²) in [6.45, 7) is 0.719. The van der Waals surface area contributed by atoms with Crippen molar-refractivity contribution in [1.29, 1.82) is 0 Å². The minimum Gasteiger partial charge on any atom is -0.345 e. The highest BCUT2D eigenvalue weighted by atomic mass is 32.2. The predicted octanol–water partition coefficient (Wildman–Crippen LogP) is 1.88. The molecule has 1 saturated carbocycles. The Labute approximate surface area is 145 Å². The fourth-order valence-corrected chi connectivity index (χ4v) is 4.79. The fourth-order valence-electron chi connectivity index (χ4n) is 3.36. The molecule has 134 valence electrons. The van der Waals surface area contributed by atoms with E-state index in [0.29, 0.717) is 5.56 Å². The van der Waals surface area contributed by atoms with Crippen molar-refractivity contribution in [3.05, 3.63) is 35.4 Å². The van der Waals surface area contributed by atoms with Crippen LogP contribution in [0.3, 0.4) is 0 Å². The number of benzene rings is 1. The third-order valence-corrected chi connectivity index (χ3v) is 6.32. The van der Waals surface area contributed by atoms with Crippen LogP contribution in [0, 0.1) is 0 Å². The molecule has 2 rings (SSSR count). The number of rotatable bonds is 6. The van der Waals surface area contributed by atoms with Crippen LogP contribution in [0.25, 0.3) is 0 Å². The Balaban J connectivity index is 1.94. The number of hydrogen-bond donors (Lipinski definition) is 1. The largest absolute Gasteiger partial charge is 0.345 e. The lowest BCUT2D eigenvalue weighted by molar-refractivity contribution is 0.0827. The number of carbonyl (C=O) groups excluding carboxylic acids is 1. The molecule has 0 heterocycles. The van der Waals surface area contributed by atoms with Gasteiger partial charge in [-0.3, -0.25) is 4.79 Å². The Morgan fingerprint density at radius 1 is 1.25 bits per heavy atom. The van der Waals surface area contributed by atoms with E-state index in [-0.39, 0.29) is 17.2 Å². The minimum absolute atomic E-state index is 0.00534. The van der Waals surface area contributed by atoms with E-state index in [9.17, 15) is 13.2 Å². The standard InChI is InChI=1S/C18H28N2O3S/c1-20(2)18(21)15-8-6-7-14(13-15)11-12-19-16-9-4-5-10-17(16)24(3,22)23/h6-8,13,16-17,19H,4-5,9-12H2,1-3H3. The van der Waals surface area contributed by atoms with Crippen molar-refractivity contribution in [2.24, 2.45) is 0 Å². The van der Waals surface area contributed by atoms with E-state index >= 15 is 0 Å². The molecule has 1 aromatic rings. The topological polar surface area (TPSA) is 66.5 Å². The average Bonchev–Trinajstić information content (AvgIpc) is 2.54. The van der Waals surface area contributed by atoms with Gasteiger partial charge in [0.25, 0.3) is 5.91 Å². The summed E-state index contributed by atoms with van der Waals surface area (Å²) in [4.78, 5) is 13.6. The van der Waals surface area contributed by atoms with Crippen LogP contribution < -0.4 is 5.32 Å². The molecule has 1 fully saturated rings. The smallest absolute Gasteiger partial charge is 0.253 e. The average molecular weight is 352 g/mol. The van der Waals surface area contributed by atoms with E-state index in [1.54, 1.807) is 19.0 Å². The summed E-state index contributed by atoms with van der Waals surface area (Å²) in [7, 11) is 0.472. The maximum atomic E-state index is 12.0. The van der Waals surface area contributed by atoms with E-state index in [2.05, 4.69) is 5.32 Å². The minimum atomic E-state index is -3.01. The molecule has 1 aromatic carbocycles. The van der Waals surface area contributed by atoms with E-state index in [1.165, 1.54) is 6.26 Å². The Bertz CT molecular complexity index is 671. The molecule has 0 radical (unpaired) electrons. The first-order valence-electron chi connectivity index (χ1n) is 8.52. The lowest BCUT2D eigenvalue weighted by atomic mass is 9.94. The zero-order valence-electron chi connectivity index (χ0n) is 14.8. The molecule has 5 nitrogen and oxygen atoms in total. The third kappa shape index (κ3) is 5.05. The quantitative estimate of drug-likeness (QED) is 0.849. The molecule has 0 aliphatic heterocycles. The van der Waals surface area contributed by atoms with Gasteiger partial charge in [0, 0.05) is 32.0 Å². The fraction of sp³-hybridized carbons (Fsp3) is 0.611. The Hall–Kier alpha value is -1.40. The summed E-state index contributed by atoms with van der Waals surface area (Å²) in [5, 5.41) is 3.15. The van der Waals surface area contributed by atoms with Gasteiger partial charge in [0.1, 0.15) is 0 Å². The highest BCUT2D eigenvalue weighted by molar-refractivity contribution is 7.91. The van der Waals surface area contributed by atoms with Gasteiger partial charge in [-0.15, -0.1) is 0 Å². The molecule has 6 heteroatoms. The SMILES string of the molecule is CN(C)C(=O)c1cccc(CCNC2CCCCC2S(C)(=O)=O)c1. The Morgan fingerprint density at radius 3 is 2.62 bits per heavy atom. The highest BCUT2D eigenvalue weighted by Gasteiger charge is 2.32. The second-order valence-electron chi connectivity index (χ2n) is 6.86. The number of amides is 1. The van der Waals surface area contributed by atoms with Crippen molar-refractivity contribution < 1.29 is 13.2 Å². The predicted molar refractivity (Wildman–Crippen MR) is 97.1 cm³/mol. The Kier molecular flexibility index (Phi) is 6.40. The van der Waals surface area contributed by atoms with Gasteiger partial charge >= 0.3 is 0 Å². The van der Waals surface area contributed by atoms with Crippen LogP contribution in [0.15, 0.2) is 24.3 Å². The molecule has 1 amide bonds. The molecule has 0 bridgehead atoms. The normalized spacial score (nSPS) is 21.5. The first kappa shape index (κ1) is 18.9. The molecule has 1 aliphatic rings. The molecule has 0 aromatic heterocycles. The van der Waals surface area contributed by atoms with Crippen LogP contribution in [0.1, 0.15) is 41.6 Å². The zero-order chi connectivity index (χ0) is 17.7. The summed E-state index contributed by atoms with van der Waals surface area (Å²) in [5.41, 5.74) is 1.77. The van der Waals surface area contributed by atoms with Crippen molar-refractivity contribution in [2.45, 2.75) is 43.4 Å². The van der Waals surface area contributed by atoms with Crippen molar-refractivity contribution in [2.75, 3.05) is 26.9 Å². The second kappa shape index (κ2) is 8.12. The van der Waals surface area contributed by atoms with Gasteiger partial charge in [0.15, 0.2) is 9.84 Å². The molecule has 1 aliphatic carbocycles. The number of hydrogen-bond acceptors (Lipinski definition) is 4. The molecule has 24 heavy (non-hydrogen) atoms. The van der Waals surface area contributed by atoms with Gasteiger partial charge in [-0.2, -0.15) is 0 Å². The zero-order valence-corrected chi connectivity index (χ0v) is 15.6. The van der Waals surface area contributed by atoms with Crippen LogP contribution in [0.5, 0.6) is 0 Å². The van der Waals surface area contributed by atoms with E-state index in [4.69, 9.17) is 0 Å². The van der Waals surface area contributed by atoms with Crippen LogP contribution in [0.2, 0.25) is 0 Å². The van der Waals surface area contributed by atoms with Gasteiger partial charge in [0.05, 0.1) is 5.25 Å². The number of nitrogens with one attached hydrogen (secondary N) is 1. The first-order chi connectivity index (χ1) is 11.3. The van der Waals surface area contributed by atoms with E-state index < -0.39 is 9.84 Å². The third-order valence-electron chi connectivity index (χ3n) is 4.65. The van der Waals surface area contributed by atoms with Crippen molar-refractivity contribution in [3.8, 4) is 0 Å². The van der Waals surface area contributed by atoms with Gasteiger partial charge < -0.3 is 10.2 Å². The van der Waals surface area contributed by atoms with Gasteiger partial charge in [-0.05, 0) is 43.5 Å². The number of carbonyl (C=O) groups is 1. The summed E-state index contributed by atoms with van der Waals surface area (Å²) in [5.74, 6) is -0.00534. The van der Waals surface area contributed by atoms with Gasteiger partial charge in [-0.1, -0.05) is 25.0 Å². The summed E-state index contributed by atoms with van der Waals surface area (Å²) < 4.78 is 23.9.